The molecule has 0 saturated heterocycles. The molecule has 0 aliphatic carbocycles. The molecule has 0 radical (unpaired) electrons. The first-order valence-corrected chi connectivity index (χ1v) is 7.45. The summed E-state index contributed by atoms with van der Waals surface area (Å²) < 4.78 is 0. The van der Waals surface area contributed by atoms with Crippen LogP contribution in [0.3, 0.4) is 0 Å². The number of aldehydes is 1. The van der Waals surface area contributed by atoms with Crippen LogP contribution in [0.5, 0.6) is 0 Å². The number of rotatable bonds is 9. The molecule has 0 aromatic heterocycles. The van der Waals surface area contributed by atoms with Crippen molar-refractivity contribution < 1.29 is 4.79 Å². The van der Waals surface area contributed by atoms with Gasteiger partial charge in [-0.25, -0.2) is 5.01 Å². The predicted octanol–water partition coefficient (Wildman–Crippen LogP) is 1.99. The maximum atomic E-state index is 11.2. The number of carbonyl (C=O) groups excluding carboxylic acids is 1. The van der Waals surface area contributed by atoms with Crippen molar-refractivity contribution in [2.75, 3.05) is 13.6 Å². The predicted molar refractivity (Wildman–Crippen MR) is 91.0 cm³/mol. The summed E-state index contributed by atoms with van der Waals surface area (Å²) in [5, 5.41) is 12.4. The third-order valence-corrected chi connectivity index (χ3v) is 3.43. The van der Waals surface area contributed by atoms with Gasteiger partial charge in [-0.3, -0.25) is 10.6 Å². The first-order valence-electron chi connectivity index (χ1n) is 7.45. The van der Waals surface area contributed by atoms with Crippen LogP contribution in [-0.2, 0) is 6.42 Å². The zero-order chi connectivity index (χ0) is 16.5. The zero-order valence-electron chi connectivity index (χ0n) is 13.5. The van der Waals surface area contributed by atoms with Gasteiger partial charge in [0.25, 0.3) is 0 Å². The highest BCUT2D eigenvalue weighted by Gasteiger charge is 2.21. The van der Waals surface area contributed by atoms with Gasteiger partial charge in [0.15, 0.2) is 0 Å². The molecule has 0 saturated carbocycles. The standard InChI is InChI=1S/C17H26N4O/c1-13(2)11-21(19)17(16(9-18)10-20-3)8-14-6-4-5-7-15(14)12-22/h4-7,9-10,12-13,17-18,20H,8,11,19H2,1-3H3/b16-10+,18-9?/t17-/m0/s1. The summed E-state index contributed by atoms with van der Waals surface area (Å²) in [5.41, 5.74) is 2.39. The molecule has 0 fully saturated rings. The molecule has 1 aromatic carbocycles. The van der Waals surface area contributed by atoms with Crippen LogP contribution >= 0.6 is 0 Å². The van der Waals surface area contributed by atoms with Gasteiger partial charge in [0.1, 0.15) is 6.29 Å². The summed E-state index contributed by atoms with van der Waals surface area (Å²) in [6.45, 7) is 4.91. The van der Waals surface area contributed by atoms with Gasteiger partial charge in [0, 0.05) is 37.1 Å². The summed E-state index contributed by atoms with van der Waals surface area (Å²) >= 11 is 0. The lowest BCUT2D eigenvalue weighted by Gasteiger charge is -2.30. The van der Waals surface area contributed by atoms with Gasteiger partial charge in [-0.1, -0.05) is 38.1 Å². The number of benzene rings is 1. The van der Waals surface area contributed by atoms with Crippen molar-refractivity contribution in [2.45, 2.75) is 26.3 Å². The number of hydrogen-bond acceptors (Lipinski definition) is 5. The maximum absolute atomic E-state index is 11.2. The Labute approximate surface area is 132 Å². The molecule has 0 unspecified atom stereocenters. The Bertz CT molecular complexity index is 525. The maximum Gasteiger partial charge on any atom is 0.150 e. The molecule has 5 nitrogen and oxygen atoms in total. The molecule has 0 aliphatic heterocycles. The van der Waals surface area contributed by atoms with E-state index in [4.69, 9.17) is 11.3 Å². The van der Waals surface area contributed by atoms with Crippen molar-refractivity contribution >= 4 is 12.5 Å². The molecule has 22 heavy (non-hydrogen) atoms. The molecule has 0 heterocycles. The topological polar surface area (TPSA) is 82.2 Å². The highest BCUT2D eigenvalue weighted by molar-refractivity contribution is 5.79. The van der Waals surface area contributed by atoms with Gasteiger partial charge < -0.3 is 10.7 Å². The van der Waals surface area contributed by atoms with Crippen molar-refractivity contribution in [1.82, 2.24) is 10.3 Å². The first kappa shape index (κ1) is 18.1. The van der Waals surface area contributed by atoms with E-state index in [1.165, 1.54) is 6.21 Å². The molecule has 1 atom stereocenters. The molecule has 120 valence electrons. The lowest BCUT2D eigenvalue weighted by Crippen LogP contribution is -2.46. The fourth-order valence-electron chi connectivity index (χ4n) is 2.42. The van der Waals surface area contributed by atoms with E-state index in [0.717, 1.165) is 17.4 Å². The largest absolute Gasteiger partial charge is 0.394 e. The third-order valence-electron chi connectivity index (χ3n) is 3.43. The SMILES string of the molecule is CN/C=C(\C=N)[C@H](Cc1ccccc1C=O)N(N)CC(C)C. The Morgan fingerprint density at radius 1 is 1.41 bits per heavy atom. The van der Waals surface area contributed by atoms with Crippen molar-refractivity contribution in [3.05, 3.63) is 47.2 Å². The number of carbonyl (C=O) groups is 1. The fourth-order valence-corrected chi connectivity index (χ4v) is 2.42. The molecule has 0 spiro atoms. The van der Waals surface area contributed by atoms with E-state index in [2.05, 4.69) is 19.2 Å². The monoisotopic (exact) mass is 302 g/mol. The second-order valence-corrected chi connectivity index (χ2v) is 5.70. The van der Waals surface area contributed by atoms with Crippen LogP contribution in [0, 0.1) is 11.3 Å². The van der Waals surface area contributed by atoms with E-state index < -0.39 is 0 Å². The molecule has 0 amide bonds. The van der Waals surface area contributed by atoms with E-state index in [1.54, 1.807) is 24.3 Å². The van der Waals surface area contributed by atoms with E-state index in [9.17, 15) is 4.79 Å². The van der Waals surface area contributed by atoms with E-state index in [0.29, 0.717) is 24.4 Å². The van der Waals surface area contributed by atoms with Crippen LogP contribution in [0.4, 0.5) is 0 Å². The summed E-state index contributed by atoms with van der Waals surface area (Å²) in [5.74, 6) is 6.65. The molecular weight excluding hydrogens is 276 g/mol. The average Bonchev–Trinajstić information content (AvgIpc) is 2.50. The summed E-state index contributed by atoms with van der Waals surface area (Å²) in [4.78, 5) is 11.2. The highest BCUT2D eigenvalue weighted by Crippen LogP contribution is 2.17. The number of nitrogens with zero attached hydrogens (tertiary/aromatic N) is 1. The molecule has 5 heteroatoms. The van der Waals surface area contributed by atoms with Crippen LogP contribution in [0.15, 0.2) is 36.0 Å². The molecule has 0 aliphatic rings. The lowest BCUT2D eigenvalue weighted by atomic mass is 9.95. The Hall–Kier alpha value is -1.98. The number of hydrogen-bond donors (Lipinski definition) is 3. The molecule has 4 N–H and O–H groups in total. The van der Waals surface area contributed by atoms with Crippen LogP contribution < -0.4 is 11.2 Å². The van der Waals surface area contributed by atoms with Crippen LogP contribution in [0.2, 0.25) is 0 Å². The van der Waals surface area contributed by atoms with Gasteiger partial charge in [0.05, 0.1) is 6.04 Å². The molecular formula is C17H26N4O. The minimum absolute atomic E-state index is 0.159. The highest BCUT2D eigenvalue weighted by atomic mass is 16.1. The average molecular weight is 302 g/mol. The van der Waals surface area contributed by atoms with E-state index in [1.807, 2.05) is 18.2 Å². The van der Waals surface area contributed by atoms with Crippen molar-refractivity contribution in [2.24, 2.45) is 11.8 Å². The number of nitrogens with two attached hydrogens (primary N) is 1. The fraction of sp³-hybridized carbons (Fsp3) is 0.412. The van der Waals surface area contributed by atoms with Gasteiger partial charge in [-0.05, 0) is 17.9 Å². The van der Waals surface area contributed by atoms with Gasteiger partial charge in [0.2, 0.25) is 0 Å². The Kier molecular flexibility index (Phi) is 7.49. The minimum atomic E-state index is -0.159. The van der Waals surface area contributed by atoms with Crippen LogP contribution in [0.25, 0.3) is 0 Å². The second-order valence-electron chi connectivity index (χ2n) is 5.70. The Balaban J connectivity index is 3.11. The zero-order valence-corrected chi connectivity index (χ0v) is 13.5. The van der Waals surface area contributed by atoms with Crippen LogP contribution in [0.1, 0.15) is 29.8 Å². The Morgan fingerprint density at radius 2 is 2.09 bits per heavy atom. The van der Waals surface area contributed by atoms with Gasteiger partial charge in [-0.2, -0.15) is 0 Å². The number of hydrazine groups is 1. The smallest absolute Gasteiger partial charge is 0.150 e. The van der Waals surface area contributed by atoms with Crippen molar-refractivity contribution in [1.29, 1.82) is 5.41 Å². The lowest BCUT2D eigenvalue weighted by molar-refractivity contribution is 0.112. The molecule has 0 bridgehead atoms. The summed E-state index contributed by atoms with van der Waals surface area (Å²) in [7, 11) is 1.79. The Morgan fingerprint density at radius 3 is 2.64 bits per heavy atom. The molecule has 1 aromatic rings. The second kappa shape index (κ2) is 9.12. The first-order chi connectivity index (χ1) is 10.5. The third kappa shape index (κ3) is 5.09. The summed E-state index contributed by atoms with van der Waals surface area (Å²) in [6.07, 6.45) is 4.54. The van der Waals surface area contributed by atoms with Crippen molar-refractivity contribution in [3.63, 3.8) is 0 Å². The molecule has 1 rings (SSSR count). The normalized spacial score (nSPS) is 13.3. The quantitative estimate of drug-likeness (QED) is 0.282. The summed E-state index contributed by atoms with van der Waals surface area (Å²) in [6, 6.07) is 7.33. The van der Waals surface area contributed by atoms with Crippen LogP contribution in [-0.4, -0.2) is 37.1 Å². The number of nitrogens with one attached hydrogen (secondary N) is 2. The van der Waals surface area contributed by atoms with Gasteiger partial charge >= 0.3 is 0 Å². The van der Waals surface area contributed by atoms with Crippen molar-refractivity contribution in [3.8, 4) is 0 Å². The minimum Gasteiger partial charge on any atom is -0.394 e. The van der Waals surface area contributed by atoms with Gasteiger partial charge in [-0.15, -0.1) is 0 Å². The van der Waals surface area contributed by atoms with E-state index in [-0.39, 0.29) is 6.04 Å². The van der Waals surface area contributed by atoms with E-state index >= 15 is 0 Å².